The number of carbonyl (C=O) groups excluding carboxylic acids is 1. The van der Waals surface area contributed by atoms with Crippen molar-refractivity contribution in [3.8, 4) is 0 Å². The van der Waals surface area contributed by atoms with E-state index in [0.717, 1.165) is 77.0 Å². The lowest BCUT2D eigenvalue weighted by Gasteiger charge is -2.30. The molecule has 2 N–H and O–H groups in total. The summed E-state index contributed by atoms with van der Waals surface area (Å²) in [4.78, 5) is 25.5. The highest BCUT2D eigenvalue weighted by molar-refractivity contribution is 7.45. The third kappa shape index (κ3) is 55.5. The Labute approximate surface area is 440 Å². The van der Waals surface area contributed by atoms with Gasteiger partial charge in [0.05, 0.1) is 39.9 Å². The molecule has 0 rings (SSSR count). The predicted molar refractivity (Wildman–Crippen MR) is 307 cm³/mol. The zero-order valence-electron chi connectivity index (χ0n) is 47.2. The standard InChI is InChI=1S/C62H115N2O6P/c1-6-8-10-12-14-16-18-20-22-23-24-25-26-27-28-29-30-31-32-33-34-35-36-37-38-39-40-41-42-44-46-48-50-52-54-56-62(66)63-60(59-70-71(67,68)69-58-57-64(3,4)5)61(65)55-53-51-49-47-45-43-21-19-17-15-13-11-9-7-2/h8,10,14,16,20,22,24-25,27-28,30-31,60-61,65H,6-7,9,11-13,15,17-19,21,23,26,29,32-59H2,1-5H3,(H-,63,66,67,68)/b10-8-,16-14-,22-20-,25-24-,28-27-,31-30-. The molecule has 8 nitrogen and oxygen atoms in total. The van der Waals surface area contributed by atoms with Crippen LogP contribution in [-0.4, -0.2) is 68.5 Å². The number of likely N-dealkylation sites (N-methyl/N-ethyl adjacent to an activating group) is 1. The number of hydrogen-bond donors (Lipinski definition) is 2. The first-order valence-corrected chi connectivity index (χ1v) is 31.2. The lowest BCUT2D eigenvalue weighted by molar-refractivity contribution is -0.870. The molecule has 414 valence electrons. The van der Waals surface area contributed by atoms with Crippen LogP contribution < -0.4 is 10.2 Å². The Kier molecular flexibility index (Phi) is 51.3. The van der Waals surface area contributed by atoms with E-state index in [0.29, 0.717) is 23.9 Å². The Balaban J connectivity index is 4.01. The number of rotatable bonds is 54. The predicted octanol–water partition coefficient (Wildman–Crippen LogP) is 17.6. The summed E-state index contributed by atoms with van der Waals surface area (Å²) in [6.07, 6.45) is 72.3. The van der Waals surface area contributed by atoms with Crippen LogP contribution in [0, 0.1) is 0 Å². The largest absolute Gasteiger partial charge is 0.756 e. The summed E-state index contributed by atoms with van der Waals surface area (Å²) >= 11 is 0. The summed E-state index contributed by atoms with van der Waals surface area (Å²) in [5, 5.41) is 14.0. The molecule has 0 aromatic heterocycles. The molecule has 0 aromatic rings. The van der Waals surface area contributed by atoms with Crippen LogP contribution in [0.5, 0.6) is 0 Å². The van der Waals surface area contributed by atoms with Crippen LogP contribution in [0.3, 0.4) is 0 Å². The minimum atomic E-state index is -4.57. The van der Waals surface area contributed by atoms with Crippen molar-refractivity contribution in [1.82, 2.24) is 5.32 Å². The van der Waals surface area contributed by atoms with Crippen molar-refractivity contribution >= 4 is 13.7 Å². The normalized spacial score (nSPS) is 14.4. The highest BCUT2D eigenvalue weighted by atomic mass is 31.2. The molecule has 0 saturated heterocycles. The van der Waals surface area contributed by atoms with E-state index in [1.807, 2.05) is 21.1 Å². The van der Waals surface area contributed by atoms with E-state index < -0.39 is 20.0 Å². The molecule has 0 bridgehead atoms. The first kappa shape index (κ1) is 68.9. The summed E-state index contributed by atoms with van der Waals surface area (Å²) < 4.78 is 23.4. The first-order chi connectivity index (χ1) is 34.5. The lowest BCUT2D eigenvalue weighted by atomic mass is 10.0. The number of amides is 1. The van der Waals surface area contributed by atoms with Gasteiger partial charge in [0.1, 0.15) is 13.2 Å². The number of aliphatic hydroxyl groups excluding tert-OH is 1. The Morgan fingerprint density at radius 1 is 0.507 bits per heavy atom. The maximum atomic E-state index is 13.0. The van der Waals surface area contributed by atoms with Gasteiger partial charge in [-0.3, -0.25) is 9.36 Å². The molecule has 0 aliphatic rings. The van der Waals surface area contributed by atoms with Crippen LogP contribution in [0.1, 0.15) is 264 Å². The van der Waals surface area contributed by atoms with Gasteiger partial charge < -0.3 is 28.8 Å². The van der Waals surface area contributed by atoms with E-state index in [1.54, 1.807) is 0 Å². The molecule has 0 heterocycles. The minimum Gasteiger partial charge on any atom is -0.756 e. The van der Waals surface area contributed by atoms with Crippen molar-refractivity contribution < 1.29 is 32.9 Å². The van der Waals surface area contributed by atoms with Gasteiger partial charge in [-0.2, -0.15) is 0 Å². The molecule has 1 amide bonds. The zero-order valence-corrected chi connectivity index (χ0v) is 48.1. The second kappa shape index (κ2) is 52.8. The summed E-state index contributed by atoms with van der Waals surface area (Å²) in [6, 6.07) is -0.802. The Bertz CT molecular complexity index is 1380. The smallest absolute Gasteiger partial charge is 0.268 e. The third-order valence-electron chi connectivity index (χ3n) is 13.2. The monoisotopic (exact) mass is 1010 g/mol. The van der Waals surface area contributed by atoms with E-state index >= 15 is 0 Å². The minimum absolute atomic E-state index is 0.0113. The van der Waals surface area contributed by atoms with Crippen molar-refractivity contribution in [1.29, 1.82) is 0 Å². The van der Waals surface area contributed by atoms with Gasteiger partial charge in [-0.15, -0.1) is 0 Å². The van der Waals surface area contributed by atoms with Crippen molar-refractivity contribution in [2.24, 2.45) is 0 Å². The number of aliphatic hydroxyl groups is 1. The molecule has 0 radical (unpaired) electrons. The maximum absolute atomic E-state index is 13.0. The van der Waals surface area contributed by atoms with Gasteiger partial charge in [-0.25, -0.2) is 0 Å². The van der Waals surface area contributed by atoms with Gasteiger partial charge >= 0.3 is 0 Å². The fourth-order valence-electron chi connectivity index (χ4n) is 8.57. The number of hydrogen-bond acceptors (Lipinski definition) is 6. The Morgan fingerprint density at radius 2 is 0.859 bits per heavy atom. The molecule has 71 heavy (non-hydrogen) atoms. The van der Waals surface area contributed by atoms with Gasteiger partial charge in [0.15, 0.2) is 0 Å². The van der Waals surface area contributed by atoms with Crippen LogP contribution in [0.25, 0.3) is 0 Å². The summed E-state index contributed by atoms with van der Waals surface area (Å²) in [5.41, 5.74) is 0. The number of allylic oxidation sites excluding steroid dienone is 12. The molecule has 3 unspecified atom stereocenters. The van der Waals surface area contributed by atoms with Crippen LogP contribution >= 0.6 is 7.82 Å². The summed E-state index contributed by atoms with van der Waals surface area (Å²) in [6.45, 7) is 4.62. The lowest BCUT2D eigenvalue weighted by Crippen LogP contribution is -2.46. The van der Waals surface area contributed by atoms with Crippen LogP contribution in [-0.2, 0) is 18.4 Å². The van der Waals surface area contributed by atoms with Gasteiger partial charge in [0.25, 0.3) is 7.82 Å². The molecule has 0 fully saturated rings. The van der Waals surface area contributed by atoms with E-state index in [9.17, 15) is 19.4 Å². The number of unbranched alkanes of at least 4 members (excludes halogenated alkanes) is 29. The zero-order chi connectivity index (χ0) is 52.0. The first-order valence-electron chi connectivity index (χ1n) is 29.8. The highest BCUT2D eigenvalue weighted by Gasteiger charge is 2.24. The van der Waals surface area contributed by atoms with E-state index in [4.69, 9.17) is 9.05 Å². The molecule has 3 atom stereocenters. The van der Waals surface area contributed by atoms with Crippen LogP contribution in [0.15, 0.2) is 72.9 Å². The molecule has 9 heteroatoms. The van der Waals surface area contributed by atoms with Gasteiger partial charge in [-0.05, 0) is 64.2 Å². The van der Waals surface area contributed by atoms with E-state index in [-0.39, 0.29) is 19.1 Å². The van der Waals surface area contributed by atoms with E-state index in [2.05, 4.69) is 92.1 Å². The number of phosphoric ester groups is 1. The summed E-state index contributed by atoms with van der Waals surface area (Å²) in [5.74, 6) is -0.165. The quantitative estimate of drug-likeness (QED) is 0.0272. The highest BCUT2D eigenvalue weighted by Crippen LogP contribution is 2.38. The molecule has 0 saturated carbocycles. The number of carbonyl (C=O) groups is 1. The second-order valence-corrected chi connectivity index (χ2v) is 22.7. The molecule has 0 aliphatic carbocycles. The fourth-order valence-corrected chi connectivity index (χ4v) is 9.30. The maximum Gasteiger partial charge on any atom is 0.268 e. The van der Waals surface area contributed by atoms with Crippen LogP contribution in [0.2, 0.25) is 0 Å². The molecule has 0 aliphatic heterocycles. The number of phosphoric acid groups is 1. The number of quaternary nitrogens is 1. The molecular weight excluding hydrogens is 900 g/mol. The topological polar surface area (TPSA) is 108 Å². The van der Waals surface area contributed by atoms with Gasteiger partial charge in [0, 0.05) is 6.42 Å². The van der Waals surface area contributed by atoms with Crippen molar-refractivity contribution in [2.45, 2.75) is 276 Å². The molecule has 0 aromatic carbocycles. The van der Waals surface area contributed by atoms with Crippen molar-refractivity contribution in [3.05, 3.63) is 72.9 Å². The van der Waals surface area contributed by atoms with Crippen molar-refractivity contribution in [3.63, 3.8) is 0 Å². The summed E-state index contributed by atoms with van der Waals surface area (Å²) in [7, 11) is 1.31. The molecular formula is C62H115N2O6P. The van der Waals surface area contributed by atoms with E-state index in [1.165, 1.54) is 161 Å². The Hall–Kier alpha value is -2.06. The SMILES string of the molecule is CC/C=C\C/C=C\C/C=C\C/C=C\C/C=C\C/C=C\CCCCCCCCCCCCCCCCCCC(=O)NC(COP(=O)([O-])OCC[N+](C)(C)C)C(O)CCCCCCCCCCCCCCCC. The third-order valence-corrected chi connectivity index (χ3v) is 14.2. The molecule has 0 spiro atoms. The Morgan fingerprint density at radius 3 is 1.25 bits per heavy atom. The average molecular weight is 1020 g/mol. The number of nitrogens with zero attached hydrogens (tertiary/aromatic N) is 1. The van der Waals surface area contributed by atoms with Gasteiger partial charge in [-0.1, -0.05) is 267 Å². The van der Waals surface area contributed by atoms with Crippen molar-refractivity contribution in [2.75, 3.05) is 40.9 Å². The fraction of sp³-hybridized carbons (Fsp3) is 0.790. The van der Waals surface area contributed by atoms with Gasteiger partial charge in [0.2, 0.25) is 5.91 Å². The second-order valence-electron chi connectivity index (χ2n) is 21.3. The number of nitrogens with one attached hydrogen (secondary N) is 1. The van der Waals surface area contributed by atoms with Crippen LogP contribution in [0.4, 0.5) is 0 Å². The average Bonchev–Trinajstić information content (AvgIpc) is 3.33.